The minimum absolute atomic E-state index is 0.0792. The van der Waals surface area contributed by atoms with E-state index in [4.69, 9.17) is 4.74 Å². The molecule has 1 amide bonds. The summed E-state index contributed by atoms with van der Waals surface area (Å²) < 4.78 is 7.95. The molecule has 0 bridgehead atoms. The molecule has 0 aliphatic rings. The molecule has 0 saturated carbocycles. The number of hydrogen-bond acceptors (Lipinski definition) is 4. The molecule has 6 heteroatoms. The van der Waals surface area contributed by atoms with E-state index in [1.807, 2.05) is 54.0 Å². The molecule has 1 N–H and O–H groups in total. The Hall–Kier alpha value is -3.15. The lowest BCUT2D eigenvalue weighted by Gasteiger charge is -2.18. The smallest absolute Gasteiger partial charge is 0.255 e. The van der Waals surface area contributed by atoms with E-state index in [-0.39, 0.29) is 11.9 Å². The first-order valence-electron chi connectivity index (χ1n) is 9.03. The highest BCUT2D eigenvalue weighted by Gasteiger charge is 2.17. The van der Waals surface area contributed by atoms with E-state index in [2.05, 4.69) is 29.4 Å². The Balaban J connectivity index is 1.76. The molecule has 1 atom stereocenters. The van der Waals surface area contributed by atoms with Crippen molar-refractivity contribution in [3.63, 3.8) is 0 Å². The molecule has 1 aromatic heterocycles. The van der Waals surface area contributed by atoms with Crippen LogP contribution in [0.2, 0.25) is 0 Å². The third kappa shape index (κ3) is 4.73. The van der Waals surface area contributed by atoms with Gasteiger partial charge in [0.1, 0.15) is 24.2 Å². The third-order valence-electron chi connectivity index (χ3n) is 4.22. The maximum absolute atomic E-state index is 12.8. The maximum Gasteiger partial charge on any atom is 0.255 e. The second-order valence-corrected chi connectivity index (χ2v) is 6.82. The van der Waals surface area contributed by atoms with E-state index in [1.54, 1.807) is 18.7 Å². The quantitative estimate of drug-likeness (QED) is 0.688. The van der Waals surface area contributed by atoms with Crippen molar-refractivity contribution in [1.29, 1.82) is 0 Å². The fourth-order valence-electron chi connectivity index (χ4n) is 2.89. The molecule has 140 valence electrons. The molecule has 27 heavy (non-hydrogen) atoms. The number of nitrogens with one attached hydrogen (secondary N) is 1. The van der Waals surface area contributed by atoms with Crippen molar-refractivity contribution in [3.05, 3.63) is 72.3 Å². The fourth-order valence-corrected chi connectivity index (χ4v) is 2.89. The van der Waals surface area contributed by atoms with Gasteiger partial charge < -0.3 is 14.6 Å². The van der Waals surface area contributed by atoms with Gasteiger partial charge in [0, 0.05) is 12.6 Å². The molecule has 2 aromatic carbocycles. The van der Waals surface area contributed by atoms with Gasteiger partial charge >= 0.3 is 0 Å². The molecule has 0 aliphatic carbocycles. The zero-order chi connectivity index (χ0) is 19.2. The first kappa shape index (κ1) is 18.6. The molecule has 1 unspecified atom stereocenters. The van der Waals surface area contributed by atoms with Gasteiger partial charge in [-0.15, -0.1) is 10.2 Å². The topological polar surface area (TPSA) is 69.0 Å². The maximum atomic E-state index is 12.8. The second kappa shape index (κ2) is 8.49. The highest BCUT2D eigenvalue weighted by Crippen LogP contribution is 2.32. The summed E-state index contributed by atoms with van der Waals surface area (Å²) in [6.07, 6.45) is 3.26. The van der Waals surface area contributed by atoms with Gasteiger partial charge in [0.05, 0.1) is 5.56 Å². The lowest BCUT2D eigenvalue weighted by Crippen LogP contribution is -2.35. The molecule has 0 saturated heterocycles. The third-order valence-corrected chi connectivity index (χ3v) is 4.22. The summed E-state index contributed by atoms with van der Waals surface area (Å²) in [4.78, 5) is 12.8. The summed E-state index contributed by atoms with van der Waals surface area (Å²) in [5.41, 5.74) is 1.61. The van der Waals surface area contributed by atoms with Gasteiger partial charge in [-0.05, 0) is 36.6 Å². The number of rotatable bonds is 7. The minimum atomic E-state index is -0.173. The second-order valence-electron chi connectivity index (χ2n) is 6.82. The van der Waals surface area contributed by atoms with Crippen LogP contribution in [0, 0.1) is 0 Å². The number of hydrogen-bond donors (Lipinski definition) is 1. The number of amides is 1. The van der Waals surface area contributed by atoms with Gasteiger partial charge in [-0.3, -0.25) is 4.79 Å². The van der Waals surface area contributed by atoms with E-state index >= 15 is 0 Å². The molecule has 3 aromatic rings. The van der Waals surface area contributed by atoms with Crippen LogP contribution in [0.25, 0.3) is 0 Å². The zero-order valence-corrected chi connectivity index (χ0v) is 15.8. The first-order chi connectivity index (χ1) is 13.0. The molecular formula is C21H24N4O2. The van der Waals surface area contributed by atoms with Gasteiger partial charge in [0.25, 0.3) is 5.91 Å². The van der Waals surface area contributed by atoms with Crippen molar-refractivity contribution in [2.75, 3.05) is 0 Å². The largest absolute Gasteiger partial charge is 0.456 e. The number of benzene rings is 2. The lowest BCUT2D eigenvalue weighted by molar-refractivity contribution is 0.0934. The number of nitrogens with zero attached hydrogens (tertiary/aromatic N) is 3. The van der Waals surface area contributed by atoms with Crippen molar-refractivity contribution < 1.29 is 9.53 Å². The summed E-state index contributed by atoms with van der Waals surface area (Å²) in [5.74, 6) is 1.46. The van der Waals surface area contributed by atoms with Crippen LogP contribution < -0.4 is 10.1 Å². The fraction of sp³-hybridized carbons (Fsp3) is 0.286. The Labute approximate surface area is 159 Å². The molecule has 0 aliphatic heterocycles. The minimum Gasteiger partial charge on any atom is -0.456 e. The molecule has 0 fully saturated rings. The van der Waals surface area contributed by atoms with Crippen LogP contribution in [-0.2, 0) is 6.54 Å². The number of aromatic nitrogens is 3. The Bertz CT molecular complexity index is 891. The van der Waals surface area contributed by atoms with Crippen molar-refractivity contribution >= 4 is 5.91 Å². The van der Waals surface area contributed by atoms with Gasteiger partial charge in [-0.2, -0.15) is 0 Å². The molecule has 0 radical (unpaired) electrons. The van der Waals surface area contributed by atoms with Crippen LogP contribution in [-0.4, -0.2) is 26.7 Å². The summed E-state index contributed by atoms with van der Waals surface area (Å²) in [6.45, 7) is 6.77. The average molecular weight is 364 g/mol. The summed E-state index contributed by atoms with van der Waals surface area (Å²) >= 11 is 0. The number of ether oxygens (including phenoxy) is 1. The molecule has 0 spiro atoms. The molecule has 1 heterocycles. The van der Waals surface area contributed by atoms with Crippen molar-refractivity contribution in [1.82, 2.24) is 20.1 Å². The highest BCUT2D eigenvalue weighted by atomic mass is 16.5. The summed E-state index contributed by atoms with van der Waals surface area (Å²) in [5, 5.41) is 10.6. The average Bonchev–Trinajstić information content (AvgIpc) is 3.15. The molecular weight excluding hydrogens is 340 g/mol. The number of para-hydroxylation sites is 2. The highest BCUT2D eigenvalue weighted by molar-refractivity contribution is 5.97. The molecule has 6 nitrogen and oxygen atoms in total. The van der Waals surface area contributed by atoms with Crippen molar-refractivity contribution in [2.24, 2.45) is 0 Å². The van der Waals surface area contributed by atoms with Crippen molar-refractivity contribution in [3.8, 4) is 11.5 Å². The SMILES string of the molecule is CC(Cn1cnnc1)NC(=O)c1ccccc1Oc1ccccc1C(C)C. The Morgan fingerprint density at radius 1 is 1.00 bits per heavy atom. The van der Waals surface area contributed by atoms with Crippen LogP contribution >= 0.6 is 0 Å². The monoisotopic (exact) mass is 364 g/mol. The Morgan fingerprint density at radius 3 is 2.33 bits per heavy atom. The van der Waals surface area contributed by atoms with Gasteiger partial charge in [0.2, 0.25) is 0 Å². The van der Waals surface area contributed by atoms with E-state index in [9.17, 15) is 4.79 Å². The zero-order valence-electron chi connectivity index (χ0n) is 15.8. The lowest BCUT2D eigenvalue weighted by atomic mass is 10.0. The van der Waals surface area contributed by atoms with Gasteiger partial charge in [0.15, 0.2) is 0 Å². The van der Waals surface area contributed by atoms with Gasteiger partial charge in [-0.25, -0.2) is 0 Å². The Morgan fingerprint density at radius 2 is 1.63 bits per heavy atom. The van der Waals surface area contributed by atoms with Crippen LogP contribution in [0.3, 0.4) is 0 Å². The van der Waals surface area contributed by atoms with E-state index < -0.39 is 0 Å². The van der Waals surface area contributed by atoms with E-state index in [1.165, 1.54) is 0 Å². The number of carbonyl (C=O) groups excluding carboxylic acids is 1. The van der Waals surface area contributed by atoms with Crippen LogP contribution in [0.4, 0.5) is 0 Å². The van der Waals surface area contributed by atoms with Crippen LogP contribution in [0.15, 0.2) is 61.2 Å². The standard InChI is InChI=1S/C21H24N4O2/c1-15(2)17-8-4-6-10-19(17)27-20-11-7-5-9-18(20)21(26)24-16(3)12-25-13-22-23-14-25/h4-11,13-16H,12H2,1-3H3,(H,24,26). The summed E-state index contributed by atoms with van der Waals surface area (Å²) in [7, 11) is 0. The normalized spacial score (nSPS) is 12.0. The molecule has 3 rings (SSSR count). The predicted octanol–water partition coefficient (Wildman–Crippen LogP) is 4.01. The van der Waals surface area contributed by atoms with Gasteiger partial charge in [-0.1, -0.05) is 44.2 Å². The van der Waals surface area contributed by atoms with Crippen LogP contribution in [0.1, 0.15) is 42.6 Å². The van der Waals surface area contributed by atoms with Crippen LogP contribution in [0.5, 0.6) is 11.5 Å². The van der Waals surface area contributed by atoms with Crippen molar-refractivity contribution in [2.45, 2.75) is 39.3 Å². The Kier molecular flexibility index (Phi) is 5.86. The summed E-state index contributed by atoms with van der Waals surface area (Å²) in [6, 6.07) is 15.1. The predicted molar refractivity (Wildman–Crippen MR) is 104 cm³/mol. The van der Waals surface area contributed by atoms with E-state index in [0.717, 1.165) is 11.3 Å². The van der Waals surface area contributed by atoms with E-state index in [0.29, 0.717) is 23.8 Å². The number of carbonyl (C=O) groups is 1. The first-order valence-corrected chi connectivity index (χ1v) is 9.03.